The molecule has 2 rings (SSSR count). The highest BCUT2D eigenvalue weighted by atomic mass is 16.1. The van der Waals surface area contributed by atoms with Gasteiger partial charge in [0.15, 0.2) is 0 Å². The van der Waals surface area contributed by atoms with Gasteiger partial charge in [0.05, 0.1) is 6.54 Å². The van der Waals surface area contributed by atoms with Crippen molar-refractivity contribution in [2.45, 2.75) is 19.3 Å². The average Bonchev–Trinajstić information content (AvgIpc) is 2.41. The van der Waals surface area contributed by atoms with Crippen LogP contribution in [0, 0.1) is 5.92 Å². The zero-order valence-corrected chi connectivity index (χ0v) is 10.6. The maximum absolute atomic E-state index is 11.7. The molecule has 1 aliphatic carbocycles. The van der Waals surface area contributed by atoms with E-state index in [1.165, 1.54) is 12.8 Å². The topological polar surface area (TPSA) is 41.1 Å². The number of carbonyl (C=O) groups excluding carboxylic acids is 1. The van der Waals surface area contributed by atoms with E-state index in [1.54, 1.807) is 0 Å². The molecule has 0 saturated carbocycles. The lowest BCUT2D eigenvalue weighted by Crippen LogP contribution is -2.32. The number of hydrogen-bond acceptors (Lipinski definition) is 2. The number of anilines is 1. The number of benzene rings is 1. The van der Waals surface area contributed by atoms with Gasteiger partial charge in [-0.1, -0.05) is 30.4 Å². The molecular weight excluding hydrogens is 224 g/mol. The quantitative estimate of drug-likeness (QED) is 0.782. The van der Waals surface area contributed by atoms with Gasteiger partial charge in [0.25, 0.3) is 0 Å². The Balaban J connectivity index is 1.64. The summed E-state index contributed by atoms with van der Waals surface area (Å²) in [6.07, 6.45) is 8.00. The lowest BCUT2D eigenvalue weighted by Gasteiger charge is -2.17. The van der Waals surface area contributed by atoms with E-state index in [0.717, 1.165) is 18.7 Å². The van der Waals surface area contributed by atoms with Crippen LogP contribution in [0.25, 0.3) is 0 Å². The summed E-state index contributed by atoms with van der Waals surface area (Å²) in [6, 6.07) is 9.55. The van der Waals surface area contributed by atoms with E-state index in [4.69, 9.17) is 0 Å². The molecule has 3 nitrogen and oxygen atoms in total. The van der Waals surface area contributed by atoms with Gasteiger partial charge in [0.1, 0.15) is 0 Å². The predicted molar refractivity (Wildman–Crippen MR) is 74.4 cm³/mol. The Bertz CT molecular complexity index is 400. The minimum atomic E-state index is 0.0209. The Labute approximate surface area is 108 Å². The fourth-order valence-electron chi connectivity index (χ4n) is 2.16. The molecule has 0 bridgehead atoms. The fraction of sp³-hybridized carbons (Fsp3) is 0.400. The first-order valence-electron chi connectivity index (χ1n) is 6.55. The molecule has 1 unspecified atom stereocenters. The second-order valence-electron chi connectivity index (χ2n) is 4.70. The van der Waals surface area contributed by atoms with Crippen molar-refractivity contribution in [3.63, 3.8) is 0 Å². The normalized spacial score (nSPS) is 18.6. The first-order valence-corrected chi connectivity index (χ1v) is 6.55. The van der Waals surface area contributed by atoms with Gasteiger partial charge in [0.2, 0.25) is 5.91 Å². The number of carbonyl (C=O) groups is 1. The molecule has 0 spiro atoms. The smallest absolute Gasteiger partial charge is 0.238 e. The Kier molecular flexibility index (Phi) is 4.97. The van der Waals surface area contributed by atoms with E-state index in [9.17, 15) is 4.79 Å². The summed E-state index contributed by atoms with van der Waals surface area (Å²) in [7, 11) is 0. The van der Waals surface area contributed by atoms with Gasteiger partial charge in [-0.25, -0.2) is 0 Å². The molecule has 0 radical (unpaired) electrons. The molecule has 1 atom stereocenters. The van der Waals surface area contributed by atoms with E-state index in [0.29, 0.717) is 12.5 Å². The monoisotopic (exact) mass is 244 g/mol. The minimum absolute atomic E-state index is 0.0209. The van der Waals surface area contributed by atoms with Crippen molar-refractivity contribution in [2.75, 3.05) is 18.4 Å². The molecule has 1 aliphatic rings. The van der Waals surface area contributed by atoms with Gasteiger partial charge in [-0.3, -0.25) is 4.79 Å². The summed E-state index contributed by atoms with van der Waals surface area (Å²) in [5, 5.41) is 6.09. The molecule has 18 heavy (non-hydrogen) atoms. The summed E-state index contributed by atoms with van der Waals surface area (Å²) < 4.78 is 0. The first kappa shape index (κ1) is 12.8. The van der Waals surface area contributed by atoms with Crippen molar-refractivity contribution in [1.29, 1.82) is 0 Å². The molecule has 96 valence electrons. The summed E-state index contributed by atoms with van der Waals surface area (Å²) in [5.74, 6) is 0.701. The summed E-state index contributed by atoms with van der Waals surface area (Å²) in [4.78, 5) is 11.7. The van der Waals surface area contributed by atoms with Gasteiger partial charge in [-0.05, 0) is 43.9 Å². The van der Waals surface area contributed by atoms with Crippen molar-refractivity contribution in [3.05, 3.63) is 42.5 Å². The molecule has 0 saturated heterocycles. The molecule has 0 fully saturated rings. The van der Waals surface area contributed by atoms with Crippen molar-refractivity contribution < 1.29 is 4.79 Å². The summed E-state index contributed by atoms with van der Waals surface area (Å²) in [6.45, 7) is 1.31. The van der Waals surface area contributed by atoms with Crippen molar-refractivity contribution >= 4 is 11.6 Å². The van der Waals surface area contributed by atoms with E-state index in [2.05, 4.69) is 22.8 Å². The fourth-order valence-corrected chi connectivity index (χ4v) is 2.16. The van der Waals surface area contributed by atoms with E-state index >= 15 is 0 Å². The number of allylic oxidation sites excluding steroid dienone is 2. The molecule has 1 aromatic rings. The van der Waals surface area contributed by atoms with Crippen LogP contribution in [-0.2, 0) is 4.79 Å². The Morgan fingerprint density at radius 1 is 1.22 bits per heavy atom. The first-order chi connectivity index (χ1) is 8.84. The second-order valence-corrected chi connectivity index (χ2v) is 4.70. The van der Waals surface area contributed by atoms with Crippen molar-refractivity contribution in [3.8, 4) is 0 Å². The van der Waals surface area contributed by atoms with E-state index in [-0.39, 0.29) is 5.91 Å². The molecule has 1 amide bonds. The average molecular weight is 244 g/mol. The molecular formula is C15H20N2O. The third-order valence-corrected chi connectivity index (χ3v) is 3.15. The van der Waals surface area contributed by atoms with E-state index < -0.39 is 0 Å². The SMILES string of the molecule is O=C(CNCC1CC=CCC1)Nc1ccccc1. The number of nitrogens with one attached hydrogen (secondary N) is 2. The number of amides is 1. The van der Waals surface area contributed by atoms with Crippen LogP contribution in [0.15, 0.2) is 42.5 Å². The lowest BCUT2D eigenvalue weighted by atomic mass is 9.94. The molecule has 0 aliphatic heterocycles. The van der Waals surface area contributed by atoms with Crippen LogP contribution >= 0.6 is 0 Å². The zero-order valence-electron chi connectivity index (χ0n) is 10.6. The van der Waals surface area contributed by atoms with Gasteiger partial charge in [-0.15, -0.1) is 0 Å². The highest BCUT2D eigenvalue weighted by Gasteiger charge is 2.09. The Morgan fingerprint density at radius 3 is 2.78 bits per heavy atom. The minimum Gasteiger partial charge on any atom is -0.325 e. The maximum Gasteiger partial charge on any atom is 0.238 e. The van der Waals surface area contributed by atoms with Crippen LogP contribution in [0.5, 0.6) is 0 Å². The Morgan fingerprint density at radius 2 is 2.06 bits per heavy atom. The standard InChI is InChI=1S/C15H20N2O/c18-15(17-14-9-5-2-6-10-14)12-16-11-13-7-3-1-4-8-13/h1-3,5-6,9-10,13,16H,4,7-8,11-12H2,(H,17,18). The zero-order chi connectivity index (χ0) is 12.6. The highest BCUT2D eigenvalue weighted by Crippen LogP contribution is 2.16. The third-order valence-electron chi connectivity index (χ3n) is 3.15. The summed E-state index contributed by atoms with van der Waals surface area (Å²) >= 11 is 0. The Hall–Kier alpha value is -1.61. The number of rotatable bonds is 5. The number of para-hydroxylation sites is 1. The van der Waals surface area contributed by atoms with Crippen LogP contribution in [0.3, 0.4) is 0 Å². The maximum atomic E-state index is 11.7. The molecule has 1 aromatic carbocycles. The molecule has 0 heterocycles. The molecule has 3 heteroatoms. The predicted octanol–water partition coefficient (Wildman–Crippen LogP) is 2.57. The second kappa shape index (κ2) is 6.97. The van der Waals surface area contributed by atoms with Crippen LogP contribution in [0.1, 0.15) is 19.3 Å². The van der Waals surface area contributed by atoms with Crippen LogP contribution in [-0.4, -0.2) is 19.0 Å². The van der Waals surface area contributed by atoms with Crippen LogP contribution < -0.4 is 10.6 Å². The molecule has 0 aromatic heterocycles. The number of hydrogen-bond donors (Lipinski definition) is 2. The van der Waals surface area contributed by atoms with Gasteiger partial charge in [-0.2, -0.15) is 0 Å². The van der Waals surface area contributed by atoms with Crippen molar-refractivity contribution in [2.24, 2.45) is 5.92 Å². The van der Waals surface area contributed by atoms with Crippen molar-refractivity contribution in [1.82, 2.24) is 5.32 Å². The highest BCUT2D eigenvalue weighted by molar-refractivity contribution is 5.92. The van der Waals surface area contributed by atoms with Crippen LogP contribution in [0.4, 0.5) is 5.69 Å². The van der Waals surface area contributed by atoms with Crippen LogP contribution in [0.2, 0.25) is 0 Å². The van der Waals surface area contributed by atoms with Gasteiger partial charge >= 0.3 is 0 Å². The van der Waals surface area contributed by atoms with E-state index in [1.807, 2.05) is 30.3 Å². The lowest BCUT2D eigenvalue weighted by molar-refractivity contribution is -0.115. The molecule has 2 N–H and O–H groups in total. The third kappa shape index (κ3) is 4.34. The largest absolute Gasteiger partial charge is 0.325 e. The summed E-state index contributed by atoms with van der Waals surface area (Å²) in [5.41, 5.74) is 0.852. The van der Waals surface area contributed by atoms with Gasteiger partial charge < -0.3 is 10.6 Å². The van der Waals surface area contributed by atoms with Gasteiger partial charge in [0, 0.05) is 5.69 Å².